The van der Waals surface area contributed by atoms with Crippen molar-refractivity contribution >= 4 is 28.5 Å². The van der Waals surface area contributed by atoms with Crippen molar-refractivity contribution in [2.75, 3.05) is 62.3 Å². The number of hydrogen-bond acceptors (Lipinski definition) is 7. The predicted octanol–water partition coefficient (Wildman–Crippen LogP) is 2.40. The first-order valence-electron chi connectivity index (χ1n) is 13.0. The number of Topliss-reactive ketones (excluding diaryl/α,β-unsaturated/α-hetero) is 1. The second kappa shape index (κ2) is 9.05. The average Bonchev–Trinajstić information content (AvgIpc) is 3.15. The fraction of sp³-hybridized carbons (Fsp3) is 0.519. The summed E-state index contributed by atoms with van der Waals surface area (Å²) in [7, 11) is 0. The summed E-state index contributed by atoms with van der Waals surface area (Å²) < 4.78 is 9.31. The zero-order valence-electron chi connectivity index (χ0n) is 21.1. The lowest BCUT2D eigenvalue weighted by atomic mass is 9.90. The molecule has 1 aromatic carbocycles. The monoisotopic (exact) mass is 490 g/mol. The van der Waals surface area contributed by atoms with Crippen LogP contribution in [-0.2, 0) is 10.3 Å². The number of nitrogens with one attached hydrogen (secondary N) is 1. The fourth-order valence-corrected chi connectivity index (χ4v) is 5.76. The maximum Gasteiger partial charge on any atom is 0.331 e. The molecule has 0 spiro atoms. The highest BCUT2D eigenvalue weighted by Gasteiger charge is 2.36. The van der Waals surface area contributed by atoms with Gasteiger partial charge in [0.1, 0.15) is 5.82 Å². The smallest absolute Gasteiger partial charge is 0.331 e. The largest absolute Gasteiger partial charge is 0.377 e. The number of anilines is 2. The highest BCUT2D eigenvalue weighted by atomic mass is 16.5. The third kappa shape index (κ3) is 3.90. The number of piperidine rings is 1. The molecule has 3 aliphatic rings. The minimum atomic E-state index is -0.257. The highest BCUT2D eigenvalue weighted by Crippen LogP contribution is 2.32. The quantitative estimate of drug-likeness (QED) is 0.550. The van der Waals surface area contributed by atoms with E-state index in [0.717, 1.165) is 80.3 Å². The van der Waals surface area contributed by atoms with Gasteiger partial charge >= 0.3 is 5.69 Å². The van der Waals surface area contributed by atoms with Crippen LogP contribution in [0.2, 0.25) is 0 Å². The van der Waals surface area contributed by atoms with Crippen LogP contribution in [0, 0.1) is 0 Å². The van der Waals surface area contributed by atoms with E-state index in [1.54, 1.807) is 6.92 Å². The number of carbonyl (C=O) groups excluding carboxylic acids is 1. The summed E-state index contributed by atoms with van der Waals surface area (Å²) in [5, 5.41) is 3.43. The Morgan fingerprint density at radius 1 is 1.00 bits per heavy atom. The molecule has 0 atom stereocenters. The molecule has 1 N–H and O–H groups in total. The minimum absolute atomic E-state index is 0.0335. The van der Waals surface area contributed by atoms with Crippen LogP contribution in [0.25, 0.3) is 11.2 Å². The van der Waals surface area contributed by atoms with Gasteiger partial charge < -0.3 is 19.9 Å². The van der Waals surface area contributed by atoms with Gasteiger partial charge in [0.05, 0.1) is 30.3 Å². The van der Waals surface area contributed by atoms with Gasteiger partial charge in [0, 0.05) is 37.4 Å². The SMILES string of the molecule is CC(=O)c1ccc(N2CCN(c3ccc4c(n3)n(C3(C)CCNCC3)c(=O)n4C3COC3)CC2)cc1. The van der Waals surface area contributed by atoms with Crippen molar-refractivity contribution in [2.45, 2.75) is 38.3 Å². The van der Waals surface area contributed by atoms with E-state index in [9.17, 15) is 9.59 Å². The topological polar surface area (TPSA) is 84.6 Å². The van der Waals surface area contributed by atoms with Crippen molar-refractivity contribution in [1.82, 2.24) is 19.4 Å². The predicted molar refractivity (Wildman–Crippen MR) is 140 cm³/mol. The van der Waals surface area contributed by atoms with E-state index >= 15 is 0 Å². The van der Waals surface area contributed by atoms with Crippen LogP contribution < -0.4 is 20.8 Å². The number of piperazine rings is 1. The van der Waals surface area contributed by atoms with Crippen LogP contribution in [0.1, 0.15) is 43.1 Å². The first kappa shape index (κ1) is 23.2. The molecule has 5 heterocycles. The van der Waals surface area contributed by atoms with Crippen LogP contribution in [0.4, 0.5) is 11.5 Å². The lowest BCUT2D eigenvalue weighted by Crippen LogP contribution is -2.48. The number of benzene rings is 1. The maximum atomic E-state index is 13.7. The summed E-state index contributed by atoms with van der Waals surface area (Å²) in [6.07, 6.45) is 1.81. The summed E-state index contributed by atoms with van der Waals surface area (Å²) in [6, 6.07) is 12.1. The lowest BCUT2D eigenvalue weighted by molar-refractivity contribution is -0.0236. The minimum Gasteiger partial charge on any atom is -0.377 e. The number of ketones is 1. The van der Waals surface area contributed by atoms with Crippen LogP contribution in [0.5, 0.6) is 0 Å². The van der Waals surface area contributed by atoms with Crippen LogP contribution in [-0.4, -0.2) is 72.4 Å². The molecule has 3 saturated heterocycles. The molecule has 9 nitrogen and oxygen atoms in total. The van der Waals surface area contributed by atoms with Gasteiger partial charge in [-0.1, -0.05) is 0 Å². The Bertz CT molecular complexity index is 1330. The Morgan fingerprint density at radius 2 is 1.67 bits per heavy atom. The number of pyridine rings is 1. The Balaban J connectivity index is 1.29. The summed E-state index contributed by atoms with van der Waals surface area (Å²) in [5.74, 6) is 1.01. The molecular formula is C27H34N6O3. The molecule has 2 aromatic heterocycles. The van der Waals surface area contributed by atoms with Gasteiger partial charge in [0.25, 0.3) is 0 Å². The van der Waals surface area contributed by atoms with E-state index in [2.05, 4.69) is 34.2 Å². The summed E-state index contributed by atoms with van der Waals surface area (Å²) in [6.45, 7) is 10.2. The molecule has 0 saturated carbocycles. The van der Waals surface area contributed by atoms with E-state index in [-0.39, 0.29) is 23.1 Å². The number of nitrogens with zero attached hydrogens (tertiary/aromatic N) is 5. The van der Waals surface area contributed by atoms with Crippen molar-refractivity contribution < 1.29 is 9.53 Å². The summed E-state index contributed by atoms with van der Waals surface area (Å²) in [5.41, 5.74) is 3.34. The van der Waals surface area contributed by atoms with Crippen LogP contribution in [0.15, 0.2) is 41.2 Å². The van der Waals surface area contributed by atoms with Gasteiger partial charge in [-0.05, 0) is 76.2 Å². The normalized spacial score (nSPS) is 20.5. The van der Waals surface area contributed by atoms with Gasteiger partial charge in [-0.15, -0.1) is 0 Å². The maximum absolute atomic E-state index is 13.7. The Morgan fingerprint density at radius 3 is 2.28 bits per heavy atom. The molecule has 0 bridgehead atoms. The van der Waals surface area contributed by atoms with E-state index in [1.807, 2.05) is 33.4 Å². The third-order valence-corrected chi connectivity index (χ3v) is 8.16. The van der Waals surface area contributed by atoms with Crippen molar-refractivity contribution in [2.24, 2.45) is 0 Å². The molecule has 6 rings (SSSR count). The van der Waals surface area contributed by atoms with E-state index < -0.39 is 0 Å². The second-order valence-electron chi connectivity index (χ2n) is 10.5. The number of ether oxygens (including phenoxy) is 1. The van der Waals surface area contributed by atoms with Gasteiger partial charge in [0.15, 0.2) is 11.4 Å². The van der Waals surface area contributed by atoms with E-state index in [4.69, 9.17) is 9.72 Å². The Labute approximate surface area is 210 Å². The molecule has 0 unspecified atom stereocenters. The first-order chi connectivity index (χ1) is 17.4. The number of rotatable bonds is 5. The van der Waals surface area contributed by atoms with Gasteiger partial charge in [-0.2, -0.15) is 0 Å². The number of hydrogen-bond donors (Lipinski definition) is 1. The number of imidazole rings is 1. The Hall–Kier alpha value is -3.17. The van der Waals surface area contributed by atoms with Crippen molar-refractivity contribution in [1.29, 1.82) is 0 Å². The van der Waals surface area contributed by atoms with Crippen LogP contribution >= 0.6 is 0 Å². The zero-order valence-corrected chi connectivity index (χ0v) is 21.1. The summed E-state index contributed by atoms with van der Waals surface area (Å²) in [4.78, 5) is 35.1. The first-order valence-corrected chi connectivity index (χ1v) is 13.0. The van der Waals surface area contributed by atoms with E-state index in [0.29, 0.717) is 13.2 Å². The van der Waals surface area contributed by atoms with Gasteiger partial charge in [-0.25, -0.2) is 9.78 Å². The molecule has 3 fully saturated rings. The standard InChI is InChI=1S/C27H34N6O3/c1-19(34)20-3-5-21(6-4-20)30-13-15-31(16-14-30)24-8-7-23-25(29-24)33(27(2)9-11-28-12-10-27)26(35)32(23)22-17-36-18-22/h3-8,22,28H,9-18H2,1-2H3. The third-order valence-electron chi connectivity index (χ3n) is 8.16. The van der Waals surface area contributed by atoms with Crippen molar-refractivity contribution in [3.05, 3.63) is 52.4 Å². The fourth-order valence-electron chi connectivity index (χ4n) is 5.76. The molecule has 0 radical (unpaired) electrons. The number of fused-ring (bicyclic) bond motifs is 1. The average molecular weight is 491 g/mol. The van der Waals surface area contributed by atoms with Gasteiger partial charge in [0.2, 0.25) is 0 Å². The number of carbonyl (C=O) groups is 1. The second-order valence-corrected chi connectivity index (χ2v) is 10.5. The molecule has 3 aromatic rings. The molecule has 190 valence electrons. The van der Waals surface area contributed by atoms with Crippen molar-refractivity contribution in [3.8, 4) is 0 Å². The molecule has 0 amide bonds. The van der Waals surface area contributed by atoms with E-state index in [1.165, 1.54) is 0 Å². The molecule has 3 aliphatic heterocycles. The zero-order chi connectivity index (χ0) is 24.9. The summed E-state index contributed by atoms with van der Waals surface area (Å²) >= 11 is 0. The lowest BCUT2D eigenvalue weighted by Gasteiger charge is -2.37. The number of aromatic nitrogens is 3. The Kier molecular flexibility index (Phi) is 5.84. The van der Waals surface area contributed by atoms with Crippen molar-refractivity contribution in [3.63, 3.8) is 0 Å². The van der Waals surface area contributed by atoms with Gasteiger partial charge in [-0.3, -0.25) is 13.9 Å². The molecule has 36 heavy (non-hydrogen) atoms. The highest BCUT2D eigenvalue weighted by molar-refractivity contribution is 5.94. The molecule has 0 aliphatic carbocycles. The molecule has 9 heteroatoms. The van der Waals surface area contributed by atoms with Crippen LogP contribution in [0.3, 0.4) is 0 Å². The molecular weight excluding hydrogens is 456 g/mol.